The number of Topliss-reactive ketones (excluding diaryl/α,β-unsaturated/α-hetero) is 1. The molecule has 0 saturated heterocycles. The second kappa shape index (κ2) is 8.77. The quantitative estimate of drug-likeness (QED) is 0.339. The van der Waals surface area contributed by atoms with Gasteiger partial charge in [0.05, 0.1) is 29.5 Å². The Kier molecular flexibility index (Phi) is 6.84. The van der Waals surface area contributed by atoms with Gasteiger partial charge in [0.15, 0.2) is 0 Å². The Bertz CT molecular complexity index is 785. The molecule has 0 amide bonds. The molecule has 0 aromatic rings. The first-order chi connectivity index (χ1) is 15.7. The summed E-state index contributed by atoms with van der Waals surface area (Å²) in [6.45, 7) is 7.71. The highest BCUT2D eigenvalue weighted by Gasteiger charge is 2.71. The highest BCUT2D eigenvalue weighted by atomic mass is 16.3. The minimum absolute atomic E-state index is 0.0400. The van der Waals surface area contributed by atoms with Crippen LogP contribution in [0.5, 0.6) is 0 Å². The maximum Gasteiger partial charge on any atom is 0.137 e. The molecule has 196 valence electrons. The van der Waals surface area contributed by atoms with Crippen molar-refractivity contribution in [2.45, 2.75) is 115 Å². The molecule has 0 aliphatic heterocycles. The maximum absolute atomic E-state index is 13.3. The van der Waals surface area contributed by atoms with E-state index in [-0.39, 0.29) is 54.8 Å². The third-order valence-corrected chi connectivity index (χ3v) is 11.3. The highest BCUT2D eigenvalue weighted by Crippen LogP contribution is 2.69. The van der Waals surface area contributed by atoms with Crippen molar-refractivity contribution in [2.24, 2.45) is 40.4 Å². The molecular weight excluding hydrogens is 436 g/mol. The number of carbonyl (C=O) groups excluding carboxylic acids is 1. The zero-order chi connectivity index (χ0) is 25.3. The average molecular weight is 483 g/mol. The third-order valence-electron chi connectivity index (χ3n) is 11.3. The summed E-state index contributed by atoms with van der Waals surface area (Å²) < 4.78 is 0. The summed E-state index contributed by atoms with van der Waals surface area (Å²) in [5.41, 5.74) is -3.63. The number of aliphatic hydroxyl groups is 6. The number of carbonyl (C=O) groups is 1. The molecule has 0 aromatic carbocycles. The fraction of sp³-hybridized carbons (Fsp3) is 0.963. The van der Waals surface area contributed by atoms with E-state index in [0.717, 1.165) is 6.42 Å². The van der Waals surface area contributed by atoms with Crippen LogP contribution in [-0.2, 0) is 4.79 Å². The summed E-state index contributed by atoms with van der Waals surface area (Å²) in [7, 11) is 0. The molecule has 1 unspecified atom stereocenters. The van der Waals surface area contributed by atoms with Gasteiger partial charge in [0.1, 0.15) is 5.78 Å². The molecule has 7 heteroatoms. The Morgan fingerprint density at radius 2 is 1.76 bits per heavy atom. The largest absolute Gasteiger partial charge is 0.396 e. The lowest BCUT2D eigenvalue weighted by molar-refractivity contribution is -0.232. The average Bonchev–Trinajstić information content (AvgIpc) is 3.06. The molecule has 0 bridgehead atoms. The predicted molar refractivity (Wildman–Crippen MR) is 127 cm³/mol. The smallest absolute Gasteiger partial charge is 0.137 e. The molecule has 4 saturated carbocycles. The van der Waals surface area contributed by atoms with Crippen LogP contribution in [0.25, 0.3) is 0 Å². The number of fused-ring (bicyclic) bond motifs is 5. The zero-order valence-corrected chi connectivity index (χ0v) is 21.3. The van der Waals surface area contributed by atoms with Gasteiger partial charge in [0.25, 0.3) is 0 Å². The number of hydrogen-bond acceptors (Lipinski definition) is 7. The van der Waals surface area contributed by atoms with Crippen LogP contribution < -0.4 is 0 Å². The van der Waals surface area contributed by atoms with Gasteiger partial charge in [0.2, 0.25) is 0 Å². The fourth-order valence-corrected chi connectivity index (χ4v) is 9.02. The van der Waals surface area contributed by atoms with Gasteiger partial charge in [-0.3, -0.25) is 4.79 Å². The summed E-state index contributed by atoms with van der Waals surface area (Å²) in [6, 6.07) is 0. The normalized spacial score (nSPS) is 50.0. The molecule has 4 fully saturated rings. The molecule has 4 aliphatic rings. The minimum atomic E-state index is -1.39. The Hall–Kier alpha value is -0.570. The highest BCUT2D eigenvalue weighted by molar-refractivity contribution is 5.83. The monoisotopic (exact) mass is 482 g/mol. The van der Waals surface area contributed by atoms with E-state index >= 15 is 0 Å². The zero-order valence-electron chi connectivity index (χ0n) is 21.3. The Balaban J connectivity index is 1.61. The van der Waals surface area contributed by atoms with E-state index in [2.05, 4.69) is 6.92 Å². The molecule has 12 atom stereocenters. The molecule has 0 radical (unpaired) electrons. The number of hydrogen-bond donors (Lipinski definition) is 6. The van der Waals surface area contributed by atoms with Crippen molar-refractivity contribution in [2.75, 3.05) is 6.61 Å². The van der Waals surface area contributed by atoms with Crippen molar-refractivity contribution in [1.29, 1.82) is 0 Å². The van der Waals surface area contributed by atoms with Gasteiger partial charge in [-0.15, -0.1) is 0 Å². The van der Waals surface area contributed by atoms with Crippen LogP contribution in [0, 0.1) is 40.4 Å². The summed E-state index contributed by atoms with van der Waals surface area (Å²) in [5, 5.41) is 64.9. The molecule has 4 aliphatic carbocycles. The van der Waals surface area contributed by atoms with Gasteiger partial charge in [-0.1, -0.05) is 20.8 Å². The Labute approximate surface area is 203 Å². The first-order valence-electron chi connectivity index (χ1n) is 13.3. The van der Waals surface area contributed by atoms with Gasteiger partial charge in [0, 0.05) is 24.4 Å². The molecule has 7 nitrogen and oxygen atoms in total. The van der Waals surface area contributed by atoms with Crippen LogP contribution in [-0.4, -0.2) is 72.5 Å². The lowest BCUT2D eigenvalue weighted by atomic mass is 9.42. The second-order valence-electron chi connectivity index (χ2n) is 13.1. The molecule has 0 heterocycles. The van der Waals surface area contributed by atoms with E-state index in [1.165, 1.54) is 0 Å². The first kappa shape index (κ1) is 26.5. The van der Waals surface area contributed by atoms with Crippen LogP contribution in [0.1, 0.15) is 85.5 Å². The summed E-state index contributed by atoms with van der Waals surface area (Å²) in [5.74, 6) is -0.686. The lowest BCUT2D eigenvalue weighted by Crippen LogP contribution is -2.66. The van der Waals surface area contributed by atoms with Crippen LogP contribution in [0.2, 0.25) is 0 Å². The fourth-order valence-electron chi connectivity index (χ4n) is 9.02. The standard InChI is InChI=1S/C27H46O7/c1-15(14-28)5-6-23(32)26(4,33)22-8-10-27(34)17-11-19(29)18-12-20(30)21(31)13-24(18,2)16(17)7-9-25(22,27)3/h15-18,20-23,28,30-34H,5-14H2,1-4H3/t15-,16-,17?,18+,20-,21+,22+,23-,24-,25-,26-,27+/m1/s1. The summed E-state index contributed by atoms with van der Waals surface area (Å²) >= 11 is 0. The topological polar surface area (TPSA) is 138 Å². The van der Waals surface area contributed by atoms with Crippen molar-refractivity contribution in [1.82, 2.24) is 0 Å². The first-order valence-corrected chi connectivity index (χ1v) is 13.3. The van der Waals surface area contributed by atoms with Crippen LogP contribution in [0.15, 0.2) is 0 Å². The van der Waals surface area contributed by atoms with Gasteiger partial charge < -0.3 is 30.6 Å². The van der Waals surface area contributed by atoms with Gasteiger partial charge >= 0.3 is 0 Å². The van der Waals surface area contributed by atoms with Crippen LogP contribution >= 0.6 is 0 Å². The van der Waals surface area contributed by atoms with E-state index < -0.39 is 40.3 Å². The van der Waals surface area contributed by atoms with Crippen molar-refractivity contribution < 1.29 is 35.4 Å². The number of aliphatic hydroxyl groups excluding tert-OH is 4. The van der Waals surface area contributed by atoms with E-state index in [4.69, 9.17) is 0 Å². The molecule has 4 rings (SSSR count). The molecule has 34 heavy (non-hydrogen) atoms. The SMILES string of the molecule is C[C@@H](CO)CC[C@@H](O)[C@](C)(O)[C@H]1CC[C@]2(O)C3CC(=O)[C@@H]4C[C@@H](O)[C@@H](O)C[C@]4(C)[C@@H]3CC[C@]12C. The summed E-state index contributed by atoms with van der Waals surface area (Å²) in [4.78, 5) is 13.3. The maximum atomic E-state index is 13.3. The minimum Gasteiger partial charge on any atom is -0.396 e. The van der Waals surface area contributed by atoms with Gasteiger partial charge in [-0.25, -0.2) is 0 Å². The van der Waals surface area contributed by atoms with Gasteiger partial charge in [-0.2, -0.15) is 0 Å². The van der Waals surface area contributed by atoms with Crippen molar-refractivity contribution in [3.05, 3.63) is 0 Å². The van der Waals surface area contributed by atoms with E-state index in [9.17, 15) is 35.4 Å². The van der Waals surface area contributed by atoms with Crippen LogP contribution in [0.4, 0.5) is 0 Å². The van der Waals surface area contributed by atoms with E-state index in [1.54, 1.807) is 6.92 Å². The van der Waals surface area contributed by atoms with Crippen molar-refractivity contribution in [3.63, 3.8) is 0 Å². The summed E-state index contributed by atoms with van der Waals surface area (Å²) in [6.07, 6.45) is 1.72. The third kappa shape index (κ3) is 3.72. The molecular formula is C27H46O7. The Morgan fingerprint density at radius 1 is 1.09 bits per heavy atom. The van der Waals surface area contributed by atoms with Crippen LogP contribution in [0.3, 0.4) is 0 Å². The lowest BCUT2D eigenvalue weighted by Gasteiger charge is -2.64. The number of ketones is 1. The predicted octanol–water partition coefficient (Wildman–Crippen LogP) is 1.79. The molecule has 6 N–H and O–H groups in total. The van der Waals surface area contributed by atoms with Crippen molar-refractivity contribution >= 4 is 5.78 Å². The second-order valence-corrected chi connectivity index (χ2v) is 13.1. The van der Waals surface area contributed by atoms with Gasteiger partial charge in [-0.05, 0) is 87.4 Å². The molecule has 0 aromatic heterocycles. The molecule has 0 spiro atoms. The van der Waals surface area contributed by atoms with E-state index in [0.29, 0.717) is 38.5 Å². The Morgan fingerprint density at radius 3 is 2.41 bits per heavy atom. The van der Waals surface area contributed by atoms with E-state index in [1.807, 2.05) is 13.8 Å². The number of rotatable bonds is 6. The van der Waals surface area contributed by atoms with Crippen molar-refractivity contribution in [3.8, 4) is 0 Å².